The number of rotatable bonds is 23. The molecule has 1 amide bonds. The van der Waals surface area contributed by atoms with Gasteiger partial charge < -0.3 is 33.1 Å². The molecule has 3 aromatic rings. The highest BCUT2D eigenvalue weighted by Gasteiger charge is 2.40. The topological polar surface area (TPSA) is 84.5 Å². The number of benzene rings is 3. The van der Waals surface area contributed by atoms with Crippen LogP contribution in [0.25, 0.3) is 11.1 Å². The highest BCUT2D eigenvalue weighted by atomic mass is 28.4. The maximum Gasteiger partial charge on any atom is 0.407 e. The average molecular weight is 884 g/mol. The van der Waals surface area contributed by atoms with E-state index < -0.39 is 22.7 Å². The molecule has 1 unspecified atom stereocenters. The summed E-state index contributed by atoms with van der Waals surface area (Å²) in [6.45, 7) is 26.8. The van der Waals surface area contributed by atoms with Crippen molar-refractivity contribution in [2.75, 3.05) is 21.0 Å². The molecule has 1 N–H and O–H groups in total. The standard InChI is InChI=1S/C52H77NO7Si2/c1-15-17-18-22-26-43(53-50(54)57-38-42-24-20-19-21-25-42)37-45(60-62(13,14)52(6,7)8)32-28-41-29-33-48(56-10)46(35-41)47-36-40(30-34-49(47)58-39-55-9)27-31-44(23-16-2)59-61(11,12)51(3,4)5/h19-21,24-25,29-30,33-36,43-45H,18,22,26-28,31-32,37-39H2,1-14H3,(H,53,54)/t43-,44?,45+/m1/s1. The summed E-state index contributed by atoms with van der Waals surface area (Å²) >= 11 is 0. The van der Waals surface area contributed by atoms with E-state index in [4.69, 9.17) is 27.8 Å². The third kappa shape index (κ3) is 16.9. The molecular weight excluding hydrogens is 807 g/mol. The number of ether oxygens (including phenoxy) is 4. The van der Waals surface area contributed by atoms with E-state index in [1.807, 2.05) is 56.3 Å². The van der Waals surface area contributed by atoms with E-state index >= 15 is 0 Å². The number of aryl methyl sites for hydroxylation is 2. The highest BCUT2D eigenvalue weighted by molar-refractivity contribution is 6.74. The van der Waals surface area contributed by atoms with Gasteiger partial charge in [0.2, 0.25) is 0 Å². The second-order valence-electron chi connectivity index (χ2n) is 19.2. The number of nitrogens with one attached hydrogen (secondary N) is 1. The van der Waals surface area contributed by atoms with Gasteiger partial charge in [0.05, 0.1) is 7.11 Å². The first kappa shape index (κ1) is 52.3. The largest absolute Gasteiger partial charge is 0.496 e. The predicted octanol–water partition coefficient (Wildman–Crippen LogP) is 12.9. The van der Waals surface area contributed by atoms with Crippen LogP contribution in [0.4, 0.5) is 4.79 Å². The normalized spacial score (nSPS) is 13.5. The smallest absolute Gasteiger partial charge is 0.407 e. The van der Waals surface area contributed by atoms with E-state index in [0.29, 0.717) is 12.2 Å². The molecule has 0 saturated carbocycles. The Hall–Kier alpha value is -4.04. The van der Waals surface area contributed by atoms with E-state index in [1.54, 1.807) is 14.2 Å². The Balaban J connectivity index is 1.95. The number of carbonyl (C=O) groups is 1. The summed E-state index contributed by atoms with van der Waals surface area (Å²) < 4.78 is 37.1. The van der Waals surface area contributed by atoms with Gasteiger partial charge in [-0.3, -0.25) is 0 Å². The van der Waals surface area contributed by atoms with Crippen molar-refractivity contribution in [2.45, 2.75) is 168 Å². The van der Waals surface area contributed by atoms with Crippen LogP contribution in [0.15, 0.2) is 66.7 Å². The molecule has 0 aliphatic carbocycles. The van der Waals surface area contributed by atoms with Crippen molar-refractivity contribution in [1.29, 1.82) is 0 Å². The van der Waals surface area contributed by atoms with Gasteiger partial charge in [-0.25, -0.2) is 4.79 Å². The van der Waals surface area contributed by atoms with Crippen LogP contribution in [0.5, 0.6) is 11.5 Å². The quantitative estimate of drug-likeness (QED) is 0.0439. The molecule has 8 nitrogen and oxygen atoms in total. The summed E-state index contributed by atoms with van der Waals surface area (Å²) in [7, 11) is -0.882. The third-order valence-electron chi connectivity index (χ3n) is 12.3. The second kappa shape index (κ2) is 24.7. The average Bonchev–Trinajstić information content (AvgIpc) is 3.21. The van der Waals surface area contributed by atoms with E-state index in [0.717, 1.165) is 78.5 Å². The zero-order valence-corrected chi connectivity index (χ0v) is 42.5. The summed E-state index contributed by atoms with van der Waals surface area (Å²) in [6.07, 6.45) is 5.50. The lowest BCUT2D eigenvalue weighted by molar-refractivity contribution is 0.0515. The molecule has 0 fully saturated rings. The van der Waals surface area contributed by atoms with Crippen LogP contribution in [0.3, 0.4) is 0 Å². The van der Waals surface area contributed by atoms with Crippen LogP contribution in [0.2, 0.25) is 36.3 Å². The van der Waals surface area contributed by atoms with Crippen molar-refractivity contribution < 1.29 is 32.6 Å². The van der Waals surface area contributed by atoms with Gasteiger partial charge in [-0.15, -0.1) is 17.8 Å². The fourth-order valence-electron chi connectivity index (χ4n) is 6.67. The highest BCUT2D eigenvalue weighted by Crippen LogP contribution is 2.41. The van der Waals surface area contributed by atoms with Crippen molar-refractivity contribution in [3.05, 3.63) is 83.4 Å². The first-order valence-electron chi connectivity index (χ1n) is 22.3. The van der Waals surface area contributed by atoms with Crippen molar-refractivity contribution >= 4 is 22.7 Å². The Morgan fingerprint density at radius 1 is 0.726 bits per heavy atom. The third-order valence-corrected chi connectivity index (χ3v) is 21.3. The molecule has 0 saturated heterocycles. The van der Waals surface area contributed by atoms with Crippen LogP contribution < -0.4 is 14.8 Å². The number of alkyl carbamates (subject to hydrolysis) is 1. The number of methoxy groups -OCH3 is 2. The van der Waals surface area contributed by atoms with E-state index in [-0.39, 0.29) is 41.7 Å². The van der Waals surface area contributed by atoms with Gasteiger partial charge in [-0.2, -0.15) is 0 Å². The molecule has 3 rings (SSSR count). The lowest BCUT2D eigenvalue weighted by atomic mass is 9.94. The van der Waals surface area contributed by atoms with Crippen LogP contribution in [0.1, 0.15) is 111 Å². The summed E-state index contributed by atoms with van der Waals surface area (Å²) in [4.78, 5) is 13.2. The van der Waals surface area contributed by atoms with Gasteiger partial charge >= 0.3 is 6.09 Å². The Labute approximate surface area is 377 Å². The number of hydrogen-bond acceptors (Lipinski definition) is 7. The molecule has 3 atom stereocenters. The maximum absolute atomic E-state index is 13.2. The van der Waals surface area contributed by atoms with Crippen LogP contribution in [0, 0.1) is 23.7 Å². The van der Waals surface area contributed by atoms with E-state index in [1.165, 1.54) is 0 Å². The predicted molar refractivity (Wildman–Crippen MR) is 261 cm³/mol. The SMILES string of the molecule is CC#CCCC[C@H](C[C@H](CCc1ccc(OC)c(-c2cc(CCC(C#CC)O[Si](C)(C)C(C)(C)C)ccc2OCOC)c1)O[Si](C)(C)C(C)(C)C)NC(=O)OCc1ccccc1. The van der Waals surface area contributed by atoms with E-state index in [2.05, 4.69) is 121 Å². The molecule has 0 aliphatic rings. The minimum Gasteiger partial charge on any atom is -0.496 e. The number of hydrogen-bond donors (Lipinski definition) is 1. The van der Waals surface area contributed by atoms with Crippen molar-refractivity contribution in [3.63, 3.8) is 0 Å². The molecule has 3 aromatic carbocycles. The molecule has 0 spiro atoms. The lowest BCUT2D eigenvalue weighted by Crippen LogP contribution is -2.46. The minimum atomic E-state index is -2.20. The van der Waals surface area contributed by atoms with Gasteiger partial charge in [0.15, 0.2) is 23.4 Å². The first-order chi connectivity index (χ1) is 29.2. The van der Waals surface area contributed by atoms with Gasteiger partial charge in [-0.1, -0.05) is 89.9 Å². The molecule has 10 heteroatoms. The summed E-state index contributed by atoms with van der Waals surface area (Å²) in [5, 5.41) is 3.30. The molecule has 0 aliphatic heterocycles. The second-order valence-corrected chi connectivity index (χ2v) is 28.7. The van der Waals surface area contributed by atoms with Crippen molar-refractivity contribution in [3.8, 4) is 46.3 Å². The monoisotopic (exact) mass is 884 g/mol. The number of amides is 1. The minimum absolute atomic E-state index is 0.0103. The summed E-state index contributed by atoms with van der Waals surface area (Å²) in [6, 6.07) is 22.4. The molecule has 62 heavy (non-hydrogen) atoms. The number of carbonyl (C=O) groups excluding carboxylic acids is 1. The summed E-state index contributed by atoms with van der Waals surface area (Å²) in [5.74, 6) is 14.1. The summed E-state index contributed by atoms with van der Waals surface area (Å²) in [5.41, 5.74) is 5.14. The van der Waals surface area contributed by atoms with Crippen LogP contribution >= 0.6 is 0 Å². The molecule has 340 valence electrons. The molecule has 0 bridgehead atoms. The zero-order chi connectivity index (χ0) is 46.0. The Morgan fingerprint density at radius 2 is 1.32 bits per heavy atom. The fraction of sp³-hybridized carbons (Fsp3) is 0.558. The lowest BCUT2D eigenvalue weighted by Gasteiger charge is -2.40. The Bertz CT molecular complexity index is 1960. The van der Waals surface area contributed by atoms with Crippen LogP contribution in [-0.2, 0) is 37.8 Å². The van der Waals surface area contributed by atoms with Gasteiger partial charge in [0, 0.05) is 36.8 Å². The first-order valence-corrected chi connectivity index (χ1v) is 28.1. The fourth-order valence-corrected chi connectivity index (χ4v) is 9.31. The van der Waals surface area contributed by atoms with Crippen molar-refractivity contribution in [1.82, 2.24) is 5.32 Å². The molecule has 0 radical (unpaired) electrons. The van der Waals surface area contributed by atoms with Gasteiger partial charge in [0.25, 0.3) is 0 Å². The van der Waals surface area contributed by atoms with Crippen molar-refractivity contribution in [2.24, 2.45) is 0 Å². The number of unbranched alkanes of at least 4 members (excludes halogenated alkanes) is 1. The van der Waals surface area contributed by atoms with Crippen LogP contribution in [-0.4, -0.2) is 62.0 Å². The zero-order valence-electron chi connectivity index (χ0n) is 40.5. The molecule has 0 heterocycles. The molecule has 0 aromatic heterocycles. The maximum atomic E-state index is 13.2. The molecular formula is C52H77NO7Si2. The van der Waals surface area contributed by atoms with Gasteiger partial charge in [-0.05, 0) is 136 Å². The van der Waals surface area contributed by atoms with Gasteiger partial charge in [0.1, 0.15) is 24.2 Å². The van der Waals surface area contributed by atoms with E-state index in [9.17, 15) is 4.79 Å². The Kier molecular flexibility index (Phi) is 20.9. The Morgan fingerprint density at radius 3 is 1.90 bits per heavy atom.